The molecule has 0 aliphatic carbocycles. The molecule has 1 N–H and O–H groups in total. The summed E-state index contributed by atoms with van der Waals surface area (Å²) in [5, 5.41) is 3.91. The molecule has 0 saturated carbocycles. The number of amides is 3. The molecule has 3 aromatic rings. The number of hydrogen-bond donors (Lipinski definition) is 1. The zero-order valence-corrected chi connectivity index (χ0v) is 20.2. The summed E-state index contributed by atoms with van der Waals surface area (Å²) in [6, 6.07) is 10.7. The molecular weight excluding hydrogens is 501 g/mol. The molecule has 1 aliphatic heterocycles. The van der Waals surface area contributed by atoms with Crippen LogP contribution in [0.4, 0.5) is 4.39 Å². The molecule has 3 heterocycles. The molecule has 3 amide bonds. The Balaban J connectivity index is 1.55. The maximum atomic E-state index is 13.4. The summed E-state index contributed by atoms with van der Waals surface area (Å²) >= 11 is 2.43. The normalized spacial score (nSPS) is 15.1. The molecule has 1 aliphatic rings. The Bertz CT molecular complexity index is 1270. The molecule has 0 spiro atoms. The first-order chi connectivity index (χ1) is 16.3. The van der Waals surface area contributed by atoms with E-state index in [0.717, 1.165) is 35.6 Å². The summed E-state index contributed by atoms with van der Waals surface area (Å²) in [7, 11) is -4.38. The maximum absolute atomic E-state index is 13.4. The predicted molar refractivity (Wildman–Crippen MR) is 126 cm³/mol. The van der Waals surface area contributed by atoms with Crippen molar-refractivity contribution in [3.63, 3.8) is 0 Å². The van der Waals surface area contributed by atoms with E-state index in [1.54, 1.807) is 33.9 Å². The Morgan fingerprint density at radius 1 is 0.853 bits per heavy atom. The molecule has 1 unspecified atom stereocenters. The molecular formula is C22H20FN3O5S3. The Morgan fingerprint density at radius 2 is 1.41 bits per heavy atom. The fourth-order valence-corrected chi connectivity index (χ4v) is 6.26. The third-order valence-corrected chi connectivity index (χ3v) is 8.89. The smallest absolute Gasteiger partial charge is 0.264 e. The zero-order chi connectivity index (χ0) is 24.3. The number of sulfone groups is 1. The van der Waals surface area contributed by atoms with Crippen molar-refractivity contribution in [1.82, 2.24) is 15.1 Å². The van der Waals surface area contributed by atoms with Crippen LogP contribution in [0.15, 0.2) is 64.2 Å². The fourth-order valence-electron chi connectivity index (χ4n) is 3.48. The van der Waals surface area contributed by atoms with E-state index in [9.17, 15) is 27.2 Å². The van der Waals surface area contributed by atoms with E-state index in [1.165, 1.54) is 22.3 Å². The van der Waals surface area contributed by atoms with Crippen molar-refractivity contribution >= 4 is 50.2 Å². The van der Waals surface area contributed by atoms with Crippen LogP contribution >= 0.6 is 22.7 Å². The molecule has 1 aromatic carbocycles. The van der Waals surface area contributed by atoms with Gasteiger partial charge in [0.2, 0.25) is 15.2 Å². The first-order valence-electron chi connectivity index (χ1n) is 10.2. The topological polar surface area (TPSA) is 104 Å². The average molecular weight is 522 g/mol. The van der Waals surface area contributed by atoms with Crippen LogP contribution in [-0.4, -0.2) is 67.5 Å². The van der Waals surface area contributed by atoms with E-state index in [0.29, 0.717) is 4.88 Å². The number of carbonyl (C=O) groups is 3. The maximum Gasteiger partial charge on any atom is 0.264 e. The largest absolute Gasteiger partial charge is 0.336 e. The van der Waals surface area contributed by atoms with Crippen LogP contribution in [0.5, 0.6) is 0 Å². The molecule has 1 fully saturated rings. The lowest BCUT2D eigenvalue weighted by Crippen LogP contribution is -2.57. The highest BCUT2D eigenvalue weighted by Crippen LogP contribution is 2.20. The molecule has 0 bridgehead atoms. The number of hydrogen-bond acceptors (Lipinski definition) is 7. The van der Waals surface area contributed by atoms with Crippen molar-refractivity contribution in [3.05, 3.63) is 74.9 Å². The summed E-state index contributed by atoms with van der Waals surface area (Å²) < 4.78 is 40.0. The minimum Gasteiger partial charge on any atom is -0.336 e. The van der Waals surface area contributed by atoms with Crippen molar-refractivity contribution in [2.45, 2.75) is 10.3 Å². The van der Waals surface area contributed by atoms with Crippen LogP contribution in [0.25, 0.3) is 0 Å². The van der Waals surface area contributed by atoms with Crippen molar-refractivity contribution in [2.75, 3.05) is 26.2 Å². The Kier molecular flexibility index (Phi) is 7.10. The number of benzene rings is 1. The summed E-state index contributed by atoms with van der Waals surface area (Å²) in [4.78, 5) is 42.0. The standard InChI is InChI=1S/C22H20FN3O5S3/c23-15-5-7-16(8-6-15)34(30,31)20(24-19(27)17-3-1-13-32-17)22(29)26-11-9-25(10-12-26)21(28)18-4-2-14-33-18/h1-8,13-14,20H,9-12H2,(H,24,27). The van der Waals surface area contributed by atoms with E-state index in [-0.39, 0.29) is 41.9 Å². The SMILES string of the molecule is O=C(NC(C(=O)N1CCN(C(=O)c2cccs2)CC1)S(=O)(=O)c1ccc(F)cc1)c1cccs1. The van der Waals surface area contributed by atoms with Crippen molar-refractivity contribution in [3.8, 4) is 0 Å². The molecule has 0 radical (unpaired) electrons. The Labute approximate surface area is 203 Å². The van der Waals surface area contributed by atoms with E-state index >= 15 is 0 Å². The molecule has 1 saturated heterocycles. The van der Waals surface area contributed by atoms with Gasteiger partial charge in [0.1, 0.15) is 5.82 Å². The number of halogens is 1. The minimum atomic E-state index is -4.38. The predicted octanol–water partition coefficient (Wildman–Crippen LogP) is 2.46. The Morgan fingerprint density at radius 3 is 1.97 bits per heavy atom. The van der Waals surface area contributed by atoms with Gasteiger partial charge in [0, 0.05) is 26.2 Å². The monoisotopic (exact) mass is 521 g/mol. The second-order valence-corrected chi connectivity index (χ2v) is 11.4. The highest BCUT2D eigenvalue weighted by atomic mass is 32.2. The van der Waals surface area contributed by atoms with Crippen LogP contribution in [0.1, 0.15) is 19.3 Å². The zero-order valence-electron chi connectivity index (χ0n) is 17.7. The van der Waals surface area contributed by atoms with Crippen molar-refractivity contribution in [2.24, 2.45) is 0 Å². The van der Waals surface area contributed by atoms with Crippen molar-refractivity contribution in [1.29, 1.82) is 0 Å². The molecule has 4 rings (SSSR count). The highest BCUT2D eigenvalue weighted by molar-refractivity contribution is 7.92. The van der Waals surface area contributed by atoms with E-state index in [1.807, 2.05) is 0 Å². The quantitative estimate of drug-likeness (QED) is 0.502. The van der Waals surface area contributed by atoms with Gasteiger partial charge in [0.15, 0.2) is 0 Å². The molecule has 34 heavy (non-hydrogen) atoms. The van der Waals surface area contributed by atoms with Gasteiger partial charge >= 0.3 is 0 Å². The van der Waals surface area contributed by atoms with E-state index in [4.69, 9.17) is 0 Å². The van der Waals surface area contributed by atoms with Crippen LogP contribution in [0.2, 0.25) is 0 Å². The lowest BCUT2D eigenvalue weighted by atomic mass is 10.3. The van der Waals surface area contributed by atoms with E-state index in [2.05, 4.69) is 5.32 Å². The number of thiophene rings is 2. The summed E-state index contributed by atoms with van der Waals surface area (Å²) in [6.45, 7) is 0.676. The molecule has 8 nitrogen and oxygen atoms in total. The third-order valence-electron chi connectivity index (χ3n) is 5.29. The van der Waals surface area contributed by atoms with Gasteiger partial charge in [-0.15, -0.1) is 22.7 Å². The summed E-state index contributed by atoms with van der Waals surface area (Å²) in [6.07, 6.45) is 0. The van der Waals surface area contributed by atoms with Crippen molar-refractivity contribution < 1.29 is 27.2 Å². The van der Waals surface area contributed by atoms with Gasteiger partial charge in [-0.1, -0.05) is 12.1 Å². The summed E-state index contributed by atoms with van der Waals surface area (Å²) in [5.41, 5.74) is 0. The Hall–Kier alpha value is -3.09. The van der Waals surface area contributed by atoms with Gasteiger partial charge in [-0.2, -0.15) is 0 Å². The number of piperazine rings is 1. The molecule has 178 valence electrons. The molecule has 12 heteroatoms. The molecule has 2 aromatic heterocycles. The second kappa shape index (κ2) is 10.0. The third kappa shape index (κ3) is 5.03. The van der Waals surface area contributed by atoms with Gasteiger partial charge in [0.05, 0.1) is 14.6 Å². The van der Waals surface area contributed by atoms with Gasteiger partial charge < -0.3 is 15.1 Å². The van der Waals surface area contributed by atoms with Crippen LogP contribution in [0, 0.1) is 5.82 Å². The first-order valence-corrected chi connectivity index (χ1v) is 13.5. The average Bonchev–Trinajstić information content (AvgIpc) is 3.57. The number of carbonyl (C=O) groups excluding carboxylic acids is 3. The van der Waals surface area contributed by atoms with Crippen LogP contribution < -0.4 is 5.32 Å². The van der Waals surface area contributed by atoms with Gasteiger partial charge in [-0.05, 0) is 47.2 Å². The number of nitrogens with one attached hydrogen (secondary N) is 1. The number of nitrogens with zero attached hydrogens (tertiary/aromatic N) is 2. The van der Waals surface area contributed by atoms with Gasteiger partial charge in [0.25, 0.3) is 17.7 Å². The first kappa shape index (κ1) is 24.0. The van der Waals surface area contributed by atoms with Gasteiger partial charge in [-0.25, -0.2) is 12.8 Å². The molecule has 1 atom stereocenters. The number of rotatable bonds is 6. The fraction of sp³-hybridized carbons (Fsp3) is 0.227. The second-order valence-electron chi connectivity index (χ2n) is 7.42. The lowest BCUT2D eigenvalue weighted by Gasteiger charge is -2.36. The highest BCUT2D eigenvalue weighted by Gasteiger charge is 2.39. The van der Waals surface area contributed by atoms with Gasteiger partial charge in [-0.3, -0.25) is 14.4 Å². The van der Waals surface area contributed by atoms with E-state index < -0.39 is 32.8 Å². The van der Waals surface area contributed by atoms with Crippen LogP contribution in [-0.2, 0) is 14.6 Å². The lowest BCUT2D eigenvalue weighted by molar-refractivity contribution is -0.132. The van der Waals surface area contributed by atoms with Crippen LogP contribution in [0.3, 0.4) is 0 Å². The minimum absolute atomic E-state index is 0.111. The summed E-state index contributed by atoms with van der Waals surface area (Å²) in [5.74, 6) is -2.29.